The number of rotatable bonds is 6. The minimum Gasteiger partial charge on any atom is -0.308 e. The van der Waals surface area contributed by atoms with Crippen LogP contribution < -0.4 is 15.5 Å². The lowest BCUT2D eigenvalue weighted by molar-refractivity contribution is -0.120. The van der Waals surface area contributed by atoms with Crippen LogP contribution in [0.4, 0.5) is 16.2 Å². The number of aryl methyl sites for hydroxylation is 1. The summed E-state index contributed by atoms with van der Waals surface area (Å²) in [5.74, 6) is -0.793. The number of fused-ring (bicyclic) bond motifs is 1. The van der Waals surface area contributed by atoms with Crippen LogP contribution in [0.25, 0.3) is 0 Å². The molecule has 0 fully saturated rings. The molecule has 0 saturated heterocycles. The number of urea groups is 1. The number of ketones is 1. The predicted octanol–water partition coefficient (Wildman–Crippen LogP) is 6.52. The Hall–Kier alpha value is -4.46. The van der Waals surface area contributed by atoms with Gasteiger partial charge in [0.1, 0.15) is 0 Å². The smallest absolute Gasteiger partial charge is 0.308 e. The van der Waals surface area contributed by atoms with Crippen molar-refractivity contribution >= 4 is 58.0 Å². The van der Waals surface area contributed by atoms with Crippen LogP contribution in [0.5, 0.6) is 0 Å². The van der Waals surface area contributed by atoms with Crippen molar-refractivity contribution in [2.75, 3.05) is 16.8 Å². The first-order valence-electron chi connectivity index (χ1n) is 12.5. The first kappa shape index (κ1) is 27.1. The molecule has 4 aromatic rings. The Balaban J connectivity index is 1.54. The van der Waals surface area contributed by atoms with Crippen molar-refractivity contribution in [2.24, 2.45) is 4.99 Å². The van der Waals surface area contributed by atoms with E-state index in [0.717, 1.165) is 11.1 Å². The van der Waals surface area contributed by atoms with Gasteiger partial charge in [-0.2, -0.15) is 0 Å². The molecule has 40 heavy (non-hydrogen) atoms. The van der Waals surface area contributed by atoms with Crippen molar-refractivity contribution in [3.05, 3.63) is 129 Å². The fraction of sp³-hybridized carbons (Fsp3) is 0.0968. The maximum Gasteiger partial charge on any atom is 0.321 e. The van der Waals surface area contributed by atoms with E-state index in [4.69, 9.17) is 28.2 Å². The average molecular weight is 571 g/mol. The lowest BCUT2D eigenvalue weighted by Crippen LogP contribution is -2.50. The molecule has 5 rings (SSSR count). The van der Waals surface area contributed by atoms with Crippen LogP contribution in [0.15, 0.2) is 102 Å². The number of nitrogens with zero attached hydrogens (tertiary/aromatic N) is 2. The third-order valence-electron chi connectivity index (χ3n) is 6.45. The summed E-state index contributed by atoms with van der Waals surface area (Å²) in [7, 11) is 0. The molecule has 1 aliphatic heterocycles. The van der Waals surface area contributed by atoms with Crippen molar-refractivity contribution in [3.8, 4) is 0 Å². The predicted molar refractivity (Wildman–Crippen MR) is 159 cm³/mol. The maximum atomic E-state index is 14.0. The van der Waals surface area contributed by atoms with E-state index in [2.05, 4.69) is 10.6 Å². The normalized spacial score (nSPS) is 14.6. The summed E-state index contributed by atoms with van der Waals surface area (Å²) in [5.41, 5.74) is 4.06. The summed E-state index contributed by atoms with van der Waals surface area (Å²) in [5, 5.41) is 5.95. The summed E-state index contributed by atoms with van der Waals surface area (Å²) in [6.45, 7) is 1.61. The zero-order chi connectivity index (χ0) is 28.2. The van der Waals surface area contributed by atoms with Crippen molar-refractivity contribution in [1.29, 1.82) is 0 Å². The molecule has 9 heteroatoms. The van der Waals surface area contributed by atoms with Crippen LogP contribution in [0.3, 0.4) is 0 Å². The number of carbonyl (C=O) groups excluding carboxylic acids is 3. The molecule has 7 nitrogen and oxygen atoms in total. The van der Waals surface area contributed by atoms with E-state index in [9.17, 15) is 14.4 Å². The fourth-order valence-corrected chi connectivity index (χ4v) is 4.96. The SMILES string of the molecule is Cc1ccccc1C(=O)CN1C(=O)[C@@H](NC(=O)Nc2ccc(Cl)cc2Cl)N=C(c2ccccc2)c2ccccc21. The van der Waals surface area contributed by atoms with Gasteiger partial charge >= 0.3 is 6.03 Å². The summed E-state index contributed by atoms with van der Waals surface area (Å²) in [6.07, 6.45) is -1.33. The summed E-state index contributed by atoms with van der Waals surface area (Å²) in [6, 6.07) is 27.8. The first-order valence-corrected chi connectivity index (χ1v) is 13.2. The third-order valence-corrected chi connectivity index (χ3v) is 7.00. The van der Waals surface area contributed by atoms with E-state index in [1.807, 2.05) is 61.5 Å². The van der Waals surface area contributed by atoms with Crippen LogP contribution in [-0.4, -0.2) is 36.1 Å². The number of halogens is 2. The highest BCUT2D eigenvalue weighted by atomic mass is 35.5. The maximum absolute atomic E-state index is 14.0. The lowest BCUT2D eigenvalue weighted by atomic mass is 9.99. The number of benzodiazepines with no additional fused rings is 1. The van der Waals surface area contributed by atoms with E-state index >= 15 is 0 Å². The van der Waals surface area contributed by atoms with E-state index in [0.29, 0.717) is 33.2 Å². The van der Waals surface area contributed by atoms with Gasteiger partial charge in [0.05, 0.1) is 28.7 Å². The Labute approximate surface area is 241 Å². The van der Waals surface area contributed by atoms with Crippen LogP contribution in [0.1, 0.15) is 27.0 Å². The minimum atomic E-state index is -1.33. The molecule has 0 aromatic heterocycles. The number of nitrogens with one attached hydrogen (secondary N) is 2. The molecule has 0 aliphatic carbocycles. The van der Waals surface area contributed by atoms with Gasteiger partial charge in [-0.3, -0.25) is 9.59 Å². The average Bonchev–Trinajstić information content (AvgIpc) is 3.06. The highest BCUT2D eigenvalue weighted by Crippen LogP contribution is 2.29. The molecule has 0 bridgehead atoms. The molecular formula is C31H24Cl2N4O3. The number of hydrogen-bond donors (Lipinski definition) is 2. The molecule has 1 heterocycles. The number of benzene rings is 4. The quantitative estimate of drug-likeness (QED) is 0.258. The fourth-order valence-electron chi connectivity index (χ4n) is 4.50. The van der Waals surface area contributed by atoms with Gasteiger partial charge in [-0.15, -0.1) is 0 Å². The molecule has 1 atom stereocenters. The zero-order valence-corrected chi connectivity index (χ0v) is 22.9. The zero-order valence-electron chi connectivity index (χ0n) is 21.4. The van der Waals surface area contributed by atoms with E-state index in [1.165, 1.54) is 11.0 Å². The van der Waals surface area contributed by atoms with E-state index < -0.39 is 18.1 Å². The van der Waals surface area contributed by atoms with Crippen LogP contribution in [0, 0.1) is 6.92 Å². The standard InChI is InChI=1S/C31H24Cl2N4O3/c1-19-9-5-6-12-22(19)27(38)18-37-26-14-8-7-13-23(26)28(20-10-3-2-4-11-20)35-29(30(37)39)36-31(40)34-25-16-15-21(32)17-24(25)33/h2-17,29H,18H2,1H3,(H2,34,36,40)/t29-/m1/s1. The summed E-state index contributed by atoms with van der Waals surface area (Å²) < 4.78 is 0. The molecule has 0 saturated carbocycles. The molecule has 0 unspecified atom stereocenters. The molecule has 200 valence electrons. The largest absolute Gasteiger partial charge is 0.321 e. The van der Waals surface area contributed by atoms with Gasteiger partial charge < -0.3 is 15.5 Å². The Kier molecular flexibility index (Phi) is 7.96. The lowest BCUT2D eigenvalue weighted by Gasteiger charge is -2.25. The highest BCUT2D eigenvalue weighted by Gasteiger charge is 2.34. The second-order valence-electron chi connectivity index (χ2n) is 9.15. The van der Waals surface area contributed by atoms with Crippen molar-refractivity contribution in [1.82, 2.24) is 5.32 Å². The van der Waals surface area contributed by atoms with Crippen molar-refractivity contribution < 1.29 is 14.4 Å². The highest BCUT2D eigenvalue weighted by molar-refractivity contribution is 6.36. The first-order chi connectivity index (χ1) is 19.3. The van der Waals surface area contributed by atoms with Gasteiger partial charge in [-0.25, -0.2) is 9.79 Å². The Morgan fingerprint density at radius 2 is 1.60 bits per heavy atom. The third kappa shape index (κ3) is 5.76. The van der Waals surface area contributed by atoms with Gasteiger partial charge in [-0.1, -0.05) is 96.0 Å². The Morgan fingerprint density at radius 3 is 2.35 bits per heavy atom. The molecule has 0 radical (unpaired) electrons. The number of hydrogen-bond acceptors (Lipinski definition) is 4. The van der Waals surface area contributed by atoms with Crippen molar-refractivity contribution in [3.63, 3.8) is 0 Å². The topological polar surface area (TPSA) is 90.9 Å². The number of aliphatic imine (C=N–C) groups is 1. The van der Waals surface area contributed by atoms with Crippen LogP contribution in [-0.2, 0) is 4.79 Å². The molecular weight excluding hydrogens is 547 g/mol. The van der Waals surface area contributed by atoms with Crippen LogP contribution >= 0.6 is 23.2 Å². The molecule has 3 amide bonds. The van der Waals surface area contributed by atoms with Crippen LogP contribution in [0.2, 0.25) is 10.0 Å². The second-order valence-corrected chi connectivity index (χ2v) is 9.99. The molecule has 4 aromatic carbocycles. The van der Waals surface area contributed by atoms with Gasteiger partial charge in [0.2, 0.25) is 6.17 Å². The number of para-hydroxylation sites is 1. The number of Topliss-reactive ketones (excluding diaryl/α,β-unsaturated/α-hetero) is 1. The number of anilines is 2. The van der Waals surface area contributed by atoms with Gasteiger partial charge in [0.15, 0.2) is 5.78 Å². The second kappa shape index (κ2) is 11.7. The number of carbonyl (C=O) groups is 3. The Morgan fingerprint density at radius 1 is 0.900 bits per heavy atom. The molecule has 1 aliphatic rings. The van der Waals surface area contributed by atoms with Gasteiger partial charge in [-0.05, 0) is 36.8 Å². The minimum absolute atomic E-state index is 0.235. The van der Waals surface area contributed by atoms with E-state index in [1.54, 1.807) is 36.4 Å². The summed E-state index contributed by atoms with van der Waals surface area (Å²) in [4.78, 5) is 46.6. The molecule has 0 spiro atoms. The number of amides is 3. The van der Waals surface area contributed by atoms with Gasteiger partial charge in [0, 0.05) is 21.7 Å². The van der Waals surface area contributed by atoms with Gasteiger partial charge in [0.25, 0.3) is 5.91 Å². The monoisotopic (exact) mass is 570 g/mol. The van der Waals surface area contributed by atoms with Crippen molar-refractivity contribution in [2.45, 2.75) is 13.1 Å². The molecule has 2 N–H and O–H groups in total. The van der Waals surface area contributed by atoms with E-state index in [-0.39, 0.29) is 17.4 Å². The Bertz CT molecular complexity index is 1640. The summed E-state index contributed by atoms with van der Waals surface area (Å²) >= 11 is 12.2.